The molecule has 0 aromatic rings. The van der Waals surface area contributed by atoms with Crippen molar-refractivity contribution >= 4 is 23.5 Å². The molecule has 7 aliphatic rings. The quantitative estimate of drug-likeness (QED) is 0.203. The monoisotopic (exact) mass is 693 g/mol. The van der Waals surface area contributed by atoms with Gasteiger partial charge >= 0.3 is 12.2 Å². The summed E-state index contributed by atoms with van der Waals surface area (Å²) in [4.78, 5) is 27.3. The topological polar surface area (TPSA) is 147 Å². The van der Waals surface area contributed by atoms with E-state index in [1.165, 1.54) is 12.8 Å². The van der Waals surface area contributed by atoms with Crippen LogP contribution in [0.1, 0.15) is 99.3 Å². The molecular weight excluding hydrogens is 634 g/mol. The number of nitrogens with one attached hydrogen (secondary N) is 2. The summed E-state index contributed by atoms with van der Waals surface area (Å²) in [5, 5.41) is 15.1. The molecule has 0 aromatic heterocycles. The Labute approximate surface area is 288 Å². The Hall–Kier alpha value is -1.47. The van der Waals surface area contributed by atoms with Gasteiger partial charge in [0.05, 0.1) is 18.3 Å². The van der Waals surface area contributed by atoms with Gasteiger partial charge in [-0.05, 0) is 110 Å². The van der Waals surface area contributed by atoms with Crippen LogP contribution in [0.2, 0.25) is 0 Å². The molecule has 4 N–H and O–H groups in total. The van der Waals surface area contributed by atoms with E-state index in [2.05, 4.69) is 51.6 Å². The van der Waals surface area contributed by atoms with Gasteiger partial charge in [-0.3, -0.25) is 4.55 Å². The number of aliphatic hydroxyl groups excluding tert-OH is 1. The van der Waals surface area contributed by atoms with Crippen LogP contribution in [0.25, 0.3) is 0 Å². The van der Waals surface area contributed by atoms with Crippen LogP contribution in [0.3, 0.4) is 0 Å². The summed E-state index contributed by atoms with van der Waals surface area (Å²) in [6, 6.07) is 0. The third kappa shape index (κ3) is 5.27. The number of ether oxygens (including phenoxy) is 3. The molecule has 48 heavy (non-hydrogen) atoms. The van der Waals surface area contributed by atoms with Crippen molar-refractivity contribution in [3.05, 3.63) is 0 Å². The lowest BCUT2D eigenvalue weighted by Crippen LogP contribution is -2.56. The molecule has 0 radical (unpaired) electrons. The maximum absolute atomic E-state index is 12.9. The molecule has 2 amide bonds. The molecule has 14 atom stereocenters. The fraction of sp³-hybridized carbons (Fsp3) is 0.944. The van der Waals surface area contributed by atoms with E-state index >= 15 is 0 Å². The zero-order valence-corrected chi connectivity index (χ0v) is 30.6. The summed E-state index contributed by atoms with van der Waals surface area (Å²) in [7, 11) is 0. The first-order valence-corrected chi connectivity index (χ1v) is 19.8. The number of likely N-dealkylation sites (tertiary alicyclic amines) is 1. The third-order valence-corrected chi connectivity index (χ3v) is 15.6. The van der Waals surface area contributed by atoms with Crippen LogP contribution in [0.4, 0.5) is 9.59 Å². The van der Waals surface area contributed by atoms with Gasteiger partial charge in [0.1, 0.15) is 12.2 Å². The number of fused-ring (bicyclic) bond motifs is 4. The SMILES string of the molecule is CC(C)C(OC(=O)N1CCC1)C1CC(C)C2C(O1)C(O)C1C3CCC4C(C)(C)C(OC(=O)NCCNS(=O)O)CCC45CC35CCC21C. The molecule has 12 heteroatoms. The standard InChI is InChI=1S/C36H59N3O8S/c1-20(2)29(47-32(42)39-16-7-17-39)23-18-21(3)26-30(45-23)28(40)27-22-8-9-24-33(4,5)25(46-31(41)37-14-15-38-48(43)44)10-11-36(24)19-35(22,36)13-12-34(26,27)6/h20-30,38,40H,7-19H2,1-6H3,(H,37,41)(H,43,44). The van der Waals surface area contributed by atoms with Crippen LogP contribution < -0.4 is 10.0 Å². The highest BCUT2D eigenvalue weighted by Gasteiger charge is 2.82. The Kier molecular flexibility index (Phi) is 8.99. The Bertz CT molecular complexity index is 1300. The number of amides is 2. The molecule has 2 spiro atoms. The smallest absolute Gasteiger partial charge is 0.410 e. The van der Waals surface area contributed by atoms with E-state index in [0.29, 0.717) is 17.8 Å². The minimum absolute atomic E-state index is 0.00798. The number of hydrogen-bond acceptors (Lipinski definition) is 7. The van der Waals surface area contributed by atoms with Gasteiger partial charge in [-0.2, -0.15) is 0 Å². The van der Waals surface area contributed by atoms with Gasteiger partial charge in [-0.25, -0.2) is 18.5 Å². The van der Waals surface area contributed by atoms with E-state index in [9.17, 15) is 18.9 Å². The zero-order valence-electron chi connectivity index (χ0n) is 29.7. The number of nitrogens with zero attached hydrogens (tertiary/aromatic N) is 1. The largest absolute Gasteiger partial charge is 0.446 e. The van der Waals surface area contributed by atoms with Crippen molar-refractivity contribution in [3.8, 4) is 0 Å². The molecule has 7 rings (SSSR count). The first-order chi connectivity index (χ1) is 22.7. The van der Waals surface area contributed by atoms with Gasteiger partial charge in [0, 0.05) is 31.6 Å². The maximum Gasteiger partial charge on any atom is 0.410 e. The predicted molar refractivity (Wildman–Crippen MR) is 180 cm³/mol. The minimum Gasteiger partial charge on any atom is -0.446 e. The summed E-state index contributed by atoms with van der Waals surface area (Å²) in [6.45, 7) is 15.5. The fourth-order valence-corrected chi connectivity index (χ4v) is 13.4. The van der Waals surface area contributed by atoms with Crippen LogP contribution in [0, 0.1) is 57.2 Å². The lowest BCUT2D eigenvalue weighted by Gasteiger charge is -2.59. The molecule has 11 nitrogen and oxygen atoms in total. The zero-order chi connectivity index (χ0) is 34.4. The molecule has 7 fully saturated rings. The van der Waals surface area contributed by atoms with Gasteiger partial charge in [0.15, 0.2) is 0 Å². The van der Waals surface area contributed by atoms with Gasteiger partial charge in [-0.15, -0.1) is 0 Å². The second kappa shape index (κ2) is 12.3. The van der Waals surface area contributed by atoms with Crippen molar-refractivity contribution in [2.45, 2.75) is 130 Å². The molecular formula is C36H59N3O8S. The van der Waals surface area contributed by atoms with Crippen molar-refractivity contribution in [2.24, 2.45) is 57.2 Å². The van der Waals surface area contributed by atoms with Crippen LogP contribution in [0.5, 0.6) is 0 Å². The number of hydrogen-bond donors (Lipinski definition) is 4. The fourth-order valence-electron chi connectivity index (χ4n) is 13.1. The van der Waals surface area contributed by atoms with Crippen LogP contribution in [-0.2, 0) is 25.5 Å². The number of carbonyl (C=O) groups is 2. The van der Waals surface area contributed by atoms with Crippen molar-refractivity contribution in [1.82, 2.24) is 14.9 Å². The normalized spacial score (nSPS) is 46.4. The second-order valence-corrected chi connectivity index (χ2v) is 18.7. The molecule has 5 aliphatic carbocycles. The number of carbonyl (C=O) groups excluding carboxylic acids is 2. The Morgan fingerprint density at radius 3 is 2.46 bits per heavy atom. The van der Waals surface area contributed by atoms with E-state index < -0.39 is 23.5 Å². The second-order valence-electron chi connectivity index (χ2n) is 17.9. The molecule has 0 aromatic carbocycles. The van der Waals surface area contributed by atoms with E-state index in [1.54, 1.807) is 4.90 Å². The highest BCUT2D eigenvalue weighted by Crippen LogP contribution is 2.87. The Morgan fingerprint density at radius 2 is 1.79 bits per heavy atom. The summed E-state index contributed by atoms with van der Waals surface area (Å²) >= 11 is -2.11. The van der Waals surface area contributed by atoms with Gasteiger partial charge < -0.3 is 29.5 Å². The third-order valence-electron chi connectivity index (χ3n) is 15.1. The van der Waals surface area contributed by atoms with Crippen molar-refractivity contribution in [3.63, 3.8) is 0 Å². The van der Waals surface area contributed by atoms with Crippen LogP contribution in [-0.4, -0.2) is 87.7 Å². The average molecular weight is 694 g/mol. The lowest BCUT2D eigenvalue weighted by atomic mass is 9.46. The highest BCUT2D eigenvalue weighted by molar-refractivity contribution is 7.77. The van der Waals surface area contributed by atoms with E-state index in [-0.39, 0.29) is 83.0 Å². The first kappa shape index (κ1) is 35.0. The van der Waals surface area contributed by atoms with Crippen molar-refractivity contribution in [1.29, 1.82) is 0 Å². The Balaban J connectivity index is 1.06. The van der Waals surface area contributed by atoms with Gasteiger partial charge in [0.2, 0.25) is 11.3 Å². The van der Waals surface area contributed by atoms with E-state index in [4.69, 9.17) is 18.8 Å². The number of rotatable bonds is 8. The molecule has 5 saturated carbocycles. The molecule has 272 valence electrons. The summed E-state index contributed by atoms with van der Waals surface area (Å²) in [6.07, 6.45) is 7.17. The van der Waals surface area contributed by atoms with E-state index in [1.807, 2.05) is 0 Å². The number of aliphatic hydroxyl groups is 1. The van der Waals surface area contributed by atoms with Crippen LogP contribution >= 0.6 is 0 Å². The lowest BCUT2D eigenvalue weighted by molar-refractivity contribution is -0.180. The minimum atomic E-state index is -2.11. The van der Waals surface area contributed by atoms with E-state index in [0.717, 1.165) is 58.0 Å². The molecule has 14 unspecified atom stereocenters. The maximum atomic E-state index is 12.9. The summed E-state index contributed by atoms with van der Waals surface area (Å²) < 4.78 is 41.2. The van der Waals surface area contributed by atoms with Crippen LogP contribution in [0.15, 0.2) is 0 Å². The van der Waals surface area contributed by atoms with Gasteiger partial charge in [-0.1, -0.05) is 41.5 Å². The van der Waals surface area contributed by atoms with Crippen molar-refractivity contribution in [2.75, 3.05) is 26.2 Å². The highest BCUT2D eigenvalue weighted by atomic mass is 32.2. The molecule has 2 saturated heterocycles. The molecule has 2 heterocycles. The summed E-state index contributed by atoms with van der Waals surface area (Å²) in [5.74, 6) is 1.85. The average Bonchev–Trinajstić information content (AvgIpc) is 3.59. The number of alkyl carbamates (subject to hydrolysis) is 1. The first-order valence-electron chi connectivity index (χ1n) is 18.7. The molecule has 0 bridgehead atoms. The summed E-state index contributed by atoms with van der Waals surface area (Å²) in [5.41, 5.74) is 0.277. The predicted octanol–water partition coefficient (Wildman–Crippen LogP) is 5.10. The molecule has 2 aliphatic heterocycles. The van der Waals surface area contributed by atoms with Gasteiger partial charge in [0.25, 0.3) is 0 Å². The van der Waals surface area contributed by atoms with Crippen molar-refractivity contribution < 1.29 is 37.7 Å². The Morgan fingerprint density at radius 1 is 1.04 bits per heavy atom.